The quantitative estimate of drug-likeness (QED) is 0.729. The first kappa shape index (κ1) is 14.5. The van der Waals surface area contributed by atoms with Crippen LogP contribution in [-0.2, 0) is 14.3 Å². The van der Waals surface area contributed by atoms with E-state index >= 15 is 0 Å². The number of carbonyl (C=O) groups is 1. The number of carbonyl (C=O) groups excluding carboxylic acids is 1. The van der Waals surface area contributed by atoms with E-state index in [9.17, 15) is 4.79 Å². The molecule has 0 unspecified atom stereocenters. The van der Waals surface area contributed by atoms with Crippen LogP contribution >= 0.6 is 0 Å². The summed E-state index contributed by atoms with van der Waals surface area (Å²) in [6.45, 7) is 2.36. The average molecular weight is 252 g/mol. The molecule has 1 rings (SSSR count). The zero-order valence-corrected chi connectivity index (χ0v) is 11.0. The van der Waals surface area contributed by atoms with Crippen molar-refractivity contribution in [3.8, 4) is 0 Å². The van der Waals surface area contributed by atoms with Crippen molar-refractivity contribution in [1.82, 2.24) is 0 Å². The van der Waals surface area contributed by atoms with E-state index in [1.165, 1.54) is 0 Å². The molecule has 0 saturated carbocycles. The summed E-state index contributed by atoms with van der Waals surface area (Å²) in [5, 5.41) is 5.98. The van der Waals surface area contributed by atoms with E-state index in [4.69, 9.17) is 9.47 Å². The molecule has 0 saturated heterocycles. The molecular weight excluding hydrogens is 232 g/mol. The van der Waals surface area contributed by atoms with Crippen LogP contribution in [0.15, 0.2) is 24.3 Å². The lowest BCUT2D eigenvalue weighted by atomic mass is 10.2. The molecule has 0 atom stereocenters. The fraction of sp³-hybridized carbons (Fsp3) is 0.462. The topological polar surface area (TPSA) is 59.6 Å². The van der Waals surface area contributed by atoms with Gasteiger partial charge in [0.25, 0.3) is 0 Å². The summed E-state index contributed by atoms with van der Waals surface area (Å²) in [6.07, 6.45) is 0.173. The summed E-state index contributed by atoms with van der Waals surface area (Å²) in [5.74, 6) is -0.00110. The first-order chi connectivity index (χ1) is 8.69. The molecule has 0 radical (unpaired) electrons. The molecule has 1 aromatic carbocycles. The number of nitrogens with one attached hydrogen (secondary N) is 2. The van der Waals surface area contributed by atoms with Crippen molar-refractivity contribution >= 4 is 17.3 Å². The van der Waals surface area contributed by atoms with Crippen LogP contribution < -0.4 is 10.6 Å². The van der Waals surface area contributed by atoms with Crippen molar-refractivity contribution in [1.29, 1.82) is 0 Å². The minimum Gasteiger partial charge on any atom is -0.380 e. The van der Waals surface area contributed by atoms with Gasteiger partial charge in [-0.25, -0.2) is 0 Å². The third kappa shape index (κ3) is 4.73. The lowest BCUT2D eigenvalue weighted by molar-refractivity contribution is -0.115. The number of amides is 1. The van der Waals surface area contributed by atoms with Gasteiger partial charge in [0, 0.05) is 32.0 Å². The molecule has 0 aromatic heterocycles. The Kier molecular flexibility index (Phi) is 6.18. The Morgan fingerprint density at radius 3 is 2.56 bits per heavy atom. The number of hydrogen-bond donors (Lipinski definition) is 2. The van der Waals surface area contributed by atoms with Crippen molar-refractivity contribution in [3.63, 3.8) is 0 Å². The van der Waals surface area contributed by atoms with Crippen molar-refractivity contribution in [2.45, 2.75) is 19.6 Å². The first-order valence-electron chi connectivity index (χ1n) is 5.89. The Hall–Kier alpha value is -1.59. The largest absolute Gasteiger partial charge is 0.380 e. The fourth-order valence-corrected chi connectivity index (χ4v) is 1.42. The molecule has 5 nitrogen and oxygen atoms in total. The van der Waals surface area contributed by atoms with E-state index in [0.717, 1.165) is 11.4 Å². The van der Waals surface area contributed by atoms with Crippen LogP contribution in [0.4, 0.5) is 11.4 Å². The van der Waals surface area contributed by atoms with E-state index in [2.05, 4.69) is 10.6 Å². The van der Waals surface area contributed by atoms with E-state index in [1.807, 2.05) is 31.2 Å². The summed E-state index contributed by atoms with van der Waals surface area (Å²) in [4.78, 5) is 11.3. The molecule has 0 aliphatic carbocycles. The Morgan fingerprint density at radius 2 is 1.94 bits per heavy atom. The maximum atomic E-state index is 11.3. The van der Waals surface area contributed by atoms with Crippen molar-refractivity contribution in [2.24, 2.45) is 0 Å². The van der Waals surface area contributed by atoms with Gasteiger partial charge in [0.1, 0.15) is 0 Å². The van der Waals surface area contributed by atoms with Crippen LogP contribution in [0.3, 0.4) is 0 Å². The average Bonchev–Trinajstić information content (AvgIpc) is 2.40. The molecule has 0 heterocycles. The van der Waals surface area contributed by atoms with Gasteiger partial charge in [0.05, 0.1) is 6.54 Å². The van der Waals surface area contributed by atoms with Gasteiger partial charge in [-0.15, -0.1) is 0 Å². The van der Waals surface area contributed by atoms with Crippen LogP contribution in [0.1, 0.15) is 13.3 Å². The Balaban J connectivity index is 2.56. The van der Waals surface area contributed by atoms with Gasteiger partial charge < -0.3 is 20.1 Å². The number of hydrogen-bond acceptors (Lipinski definition) is 4. The summed E-state index contributed by atoms with van der Waals surface area (Å²) >= 11 is 0. The van der Waals surface area contributed by atoms with E-state index in [1.54, 1.807) is 14.2 Å². The monoisotopic (exact) mass is 252 g/mol. The molecule has 0 spiro atoms. The van der Waals surface area contributed by atoms with Crippen LogP contribution in [-0.4, -0.2) is 33.0 Å². The highest BCUT2D eigenvalue weighted by Gasteiger charge is 2.05. The van der Waals surface area contributed by atoms with Crippen LogP contribution in [0.25, 0.3) is 0 Å². The zero-order valence-electron chi connectivity index (χ0n) is 11.0. The Labute approximate surface area is 107 Å². The number of methoxy groups -OCH3 is 2. The normalized spacial score (nSPS) is 10.4. The molecule has 1 aromatic rings. The van der Waals surface area contributed by atoms with Gasteiger partial charge in [-0.05, 0) is 18.2 Å². The third-order valence-electron chi connectivity index (χ3n) is 2.47. The van der Waals surface area contributed by atoms with Crippen LogP contribution in [0, 0.1) is 0 Å². The first-order valence-corrected chi connectivity index (χ1v) is 5.89. The Bertz CT molecular complexity index is 378. The second-order valence-electron chi connectivity index (χ2n) is 3.76. The van der Waals surface area contributed by atoms with E-state index in [0.29, 0.717) is 13.0 Å². The molecule has 0 fully saturated rings. The molecule has 0 aliphatic heterocycles. The highest BCUT2D eigenvalue weighted by molar-refractivity contribution is 5.90. The van der Waals surface area contributed by atoms with Gasteiger partial charge in [-0.1, -0.05) is 13.0 Å². The van der Waals surface area contributed by atoms with Gasteiger partial charge in [-0.3, -0.25) is 4.79 Å². The molecule has 18 heavy (non-hydrogen) atoms. The van der Waals surface area contributed by atoms with Crippen molar-refractivity contribution < 1.29 is 14.3 Å². The smallest absolute Gasteiger partial charge is 0.224 e. The summed E-state index contributed by atoms with van der Waals surface area (Å²) in [6, 6.07) is 7.52. The van der Waals surface area contributed by atoms with Crippen LogP contribution in [0.5, 0.6) is 0 Å². The molecule has 0 aliphatic rings. The third-order valence-corrected chi connectivity index (χ3v) is 2.47. The minimum absolute atomic E-state index is 0.00110. The second-order valence-corrected chi connectivity index (χ2v) is 3.76. The highest BCUT2D eigenvalue weighted by atomic mass is 16.7. The molecule has 100 valence electrons. The Morgan fingerprint density at radius 1 is 1.28 bits per heavy atom. The lowest BCUT2D eigenvalue weighted by Crippen LogP contribution is -2.23. The van der Waals surface area contributed by atoms with Gasteiger partial charge in [-0.2, -0.15) is 0 Å². The maximum Gasteiger partial charge on any atom is 0.224 e. The number of ether oxygens (including phenoxy) is 2. The second kappa shape index (κ2) is 7.68. The molecule has 1 amide bonds. The predicted molar refractivity (Wildman–Crippen MR) is 71.7 cm³/mol. The standard InChI is InChI=1S/C13H20N2O3/c1-4-12(16)15-11-7-5-6-10(8-11)14-9-13(17-2)18-3/h5-8,13-14H,4,9H2,1-3H3,(H,15,16). The SMILES string of the molecule is CCC(=O)Nc1cccc(NCC(OC)OC)c1. The van der Waals surface area contributed by atoms with E-state index in [-0.39, 0.29) is 12.2 Å². The minimum atomic E-state index is -0.293. The van der Waals surface area contributed by atoms with E-state index < -0.39 is 0 Å². The molecule has 0 bridgehead atoms. The lowest BCUT2D eigenvalue weighted by Gasteiger charge is -2.15. The molecule has 2 N–H and O–H groups in total. The van der Waals surface area contributed by atoms with Crippen molar-refractivity contribution in [2.75, 3.05) is 31.4 Å². The van der Waals surface area contributed by atoms with Gasteiger partial charge >= 0.3 is 0 Å². The van der Waals surface area contributed by atoms with Crippen LogP contribution in [0.2, 0.25) is 0 Å². The van der Waals surface area contributed by atoms with Crippen molar-refractivity contribution in [3.05, 3.63) is 24.3 Å². The fourth-order valence-electron chi connectivity index (χ4n) is 1.42. The molecular formula is C13H20N2O3. The highest BCUT2D eigenvalue weighted by Crippen LogP contribution is 2.15. The molecule has 5 heteroatoms. The summed E-state index contributed by atoms with van der Waals surface area (Å²) < 4.78 is 10.2. The maximum absolute atomic E-state index is 11.3. The van der Waals surface area contributed by atoms with Gasteiger partial charge in [0.2, 0.25) is 5.91 Å². The number of rotatable bonds is 7. The number of anilines is 2. The summed E-state index contributed by atoms with van der Waals surface area (Å²) in [5.41, 5.74) is 1.68. The predicted octanol–water partition coefficient (Wildman–Crippen LogP) is 2.07. The van der Waals surface area contributed by atoms with Gasteiger partial charge in [0.15, 0.2) is 6.29 Å². The zero-order chi connectivity index (χ0) is 13.4. The summed E-state index contributed by atoms with van der Waals surface area (Å²) in [7, 11) is 3.18. The number of benzene rings is 1.